The highest BCUT2D eigenvalue weighted by Gasteiger charge is 2.04. The Morgan fingerprint density at radius 1 is 1.53 bits per heavy atom. The molecule has 3 heteroatoms. The molecule has 0 saturated carbocycles. The third-order valence-electron chi connectivity index (χ3n) is 1.91. The van der Waals surface area contributed by atoms with Crippen LogP contribution in [0.2, 0.25) is 0 Å². The number of phenols is 1. The molecule has 0 aliphatic rings. The zero-order valence-electron chi connectivity index (χ0n) is 9.10. The van der Waals surface area contributed by atoms with Crippen molar-refractivity contribution in [1.82, 2.24) is 0 Å². The van der Waals surface area contributed by atoms with Gasteiger partial charge in [0, 0.05) is 11.6 Å². The molecule has 0 spiro atoms. The van der Waals surface area contributed by atoms with Crippen molar-refractivity contribution in [2.45, 2.75) is 19.9 Å². The van der Waals surface area contributed by atoms with Crippen molar-refractivity contribution in [3.8, 4) is 11.5 Å². The molecule has 1 aromatic carbocycles. The maximum absolute atomic E-state index is 9.82. The van der Waals surface area contributed by atoms with Gasteiger partial charge >= 0.3 is 0 Å². The molecule has 1 rings (SSSR count). The Morgan fingerprint density at radius 3 is 2.87 bits per heavy atom. The molecule has 0 fully saturated rings. The second-order valence-electron chi connectivity index (χ2n) is 3.35. The van der Waals surface area contributed by atoms with Crippen LogP contribution in [0.25, 0.3) is 6.08 Å². The van der Waals surface area contributed by atoms with E-state index in [0.717, 1.165) is 5.56 Å². The first kappa shape index (κ1) is 11.6. The molecule has 3 nitrogen and oxygen atoms in total. The Morgan fingerprint density at radius 2 is 2.27 bits per heavy atom. The number of hydrogen-bond donors (Lipinski definition) is 2. The van der Waals surface area contributed by atoms with E-state index < -0.39 is 0 Å². The molecule has 0 bridgehead atoms. The van der Waals surface area contributed by atoms with E-state index >= 15 is 0 Å². The largest absolute Gasteiger partial charge is 0.504 e. The van der Waals surface area contributed by atoms with Crippen LogP contribution in [0.5, 0.6) is 11.5 Å². The molecule has 0 amide bonds. The second-order valence-corrected chi connectivity index (χ2v) is 3.35. The normalized spacial score (nSPS) is 13.0. The van der Waals surface area contributed by atoms with E-state index in [9.17, 15) is 5.11 Å². The fourth-order valence-electron chi connectivity index (χ4n) is 1.20. The molecule has 15 heavy (non-hydrogen) atoms. The first-order chi connectivity index (χ1) is 7.15. The maximum Gasteiger partial charge on any atom is 0.165 e. The topological polar surface area (TPSA) is 55.5 Å². The summed E-state index contributed by atoms with van der Waals surface area (Å²) in [7, 11) is 0. The van der Waals surface area contributed by atoms with Gasteiger partial charge in [-0.05, 0) is 19.9 Å². The highest BCUT2D eigenvalue weighted by molar-refractivity contribution is 5.61. The van der Waals surface area contributed by atoms with Gasteiger partial charge in [-0.3, -0.25) is 0 Å². The van der Waals surface area contributed by atoms with Crippen LogP contribution < -0.4 is 10.5 Å². The van der Waals surface area contributed by atoms with Crippen LogP contribution in [-0.2, 0) is 0 Å². The SMILES string of the molecule is CCOc1cccc(/C=C/C(C)N)c1O. The molecule has 0 aliphatic heterocycles. The maximum atomic E-state index is 9.82. The summed E-state index contributed by atoms with van der Waals surface area (Å²) < 4.78 is 5.27. The molecular formula is C12H17NO2. The number of benzene rings is 1. The minimum absolute atomic E-state index is 0.0276. The van der Waals surface area contributed by atoms with Crippen molar-refractivity contribution >= 4 is 6.08 Å². The van der Waals surface area contributed by atoms with Crippen molar-refractivity contribution < 1.29 is 9.84 Å². The Bertz CT molecular complexity index is 345. The monoisotopic (exact) mass is 207 g/mol. The molecule has 0 aliphatic carbocycles. The Balaban J connectivity index is 2.94. The molecule has 1 unspecified atom stereocenters. The lowest BCUT2D eigenvalue weighted by Gasteiger charge is -2.07. The summed E-state index contributed by atoms with van der Waals surface area (Å²) in [4.78, 5) is 0. The predicted molar refractivity (Wildman–Crippen MR) is 62.0 cm³/mol. The van der Waals surface area contributed by atoms with E-state index in [2.05, 4.69) is 0 Å². The summed E-state index contributed by atoms with van der Waals surface area (Å²) in [6.07, 6.45) is 3.62. The smallest absolute Gasteiger partial charge is 0.165 e. The fraction of sp³-hybridized carbons (Fsp3) is 0.333. The average Bonchev–Trinajstić information content (AvgIpc) is 2.19. The van der Waals surface area contributed by atoms with Gasteiger partial charge in [0.15, 0.2) is 11.5 Å². The summed E-state index contributed by atoms with van der Waals surface area (Å²) >= 11 is 0. The van der Waals surface area contributed by atoms with Crippen LogP contribution in [0.1, 0.15) is 19.4 Å². The second kappa shape index (κ2) is 5.41. The molecule has 0 radical (unpaired) electrons. The van der Waals surface area contributed by atoms with Gasteiger partial charge in [0.05, 0.1) is 6.61 Å². The molecule has 82 valence electrons. The highest BCUT2D eigenvalue weighted by Crippen LogP contribution is 2.30. The molecule has 3 N–H and O–H groups in total. The Labute approximate surface area is 90.2 Å². The molecular weight excluding hydrogens is 190 g/mol. The van der Waals surface area contributed by atoms with Crippen LogP contribution in [0, 0.1) is 0 Å². The zero-order valence-corrected chi connectivity index (χ0v) is 9.10. The standard InChI is InChI=1S/C12H17NO2/c1-3-15-11-6-4-5-10(12(11)14)8-7-9(2)13/h4-9,14H,3,13H2,1-2H3/b8-7+. The van der Waals surface area contributed by atoms with Gasteiger partial charge in [0.25, 0.3) is 0 Å². The lowest BCUT2D eigenvalue weighted by atomic mass is 10.1. The lowest BCUT2D eigenvalue weighted by molar-refractivity contribution is 0.318. The molecule has 1 aromatic rings. The van der Waals surface area contributed by atoms with Crippen LogP contribution in [0.15, 0.2) is 24.3 Å². The van der Waals surface area contributed by atoms with E-state index in [0.29, 0.717) is 12.4 Å². The third-order valence-corrected chi connectivity index (χ3v) is 1.91. The van der Waals surface area contributed by atoms with Gasteiger partial charge in [-0.1, -0.05) is 24.3 Å². The Kier molecular flexibility index (Phi) is 4.18. The predicted octanol–water partition coefficient (Wildman–Crippen LogP) is 2.15. The number of rotatable bonds is 4. The number of para-hydroxylation sites is 1. The van der Waals surface area contributed by atoms with Crippen molar-refractivity contribution in [3.05, 3.63) is 29.8 Å². The van der Waals surface area contributed by atoms with Gasteiger partial charge in [-0.15, -0.1) is 0 Å². The molecule has 0 aromatic heterocycles. The highest BCUT2D eigenvalue weighted by atomic mass is 16.5. The quantitative estimate of drug-likeness (QED) is 0.795. The van der Waals surface area contributed by atoms with E-state index in [1.165, 1.54) is 0 Å². The third kappa shape index (κ3) is 3.29. The van der Waals surface area contributed by atoms with Crippen molar-refractivity contribution in [1.29, 1.82) is 0 Å². The van der Waals surface area contributed by atoms with E-state index in [4.69, 9.17) is 10.5 Å². The van der Waals surface area contributed by atoms with Crippen molar-refractivity contribution in [2.75, 3.05) is 6.61 Å². The van der Waals surface area contributed by atoms with Gasteiger partial charge in [0.2, 0.25) is 0 Å². The summed E-state index contributed by atoms with van der Waals surface area (Å²) in [6.45, 7) is 4.29. The van der Waals surface area contributed by atoms with Gasteiger partial charge in [-0.2, -0.15) is 0 Å². The van der Waals surface area contributed by atoms with Crippen LogP contribution in [0.3, 0.4) is 0 Å². The van der Waals surface area contributed by atoms with Gasteiger partial charge in [-0.25, -0.2) is 0 Å². The van der Waals surface area contributed by atoms with Crippen molar-refractivity contribution in [3.63, 3.8) is 0 Å². The number of phenolic OH excluding ortho intramolecular Hbond substituents is 1. The number of hydrogen-bond acceptors (Lipinski definition) is 3. The number of ether oxygens (including phenoxy) is 1. The summed E-state index contributed by atoms with van der Waals surface area (Å²) in [6, 6.07) is 5.37. The van der Waals surface area contributed by atoms with Crippen LogP contribution in [-0.4, -0.2) is 17.8 Å². The number of nitrogens with two attached hydrogens (primary N) is 1. The summed E-state index contributed by atoms with van der Waals surface area (Å²) in [5.74, 6) is 0.667. The van der Waals surface area contributed by atoms with Crippen molar-refractivity contribution in [2.24, 2.45) is 5.73 Å². The number of aromatic hydroxyl groups is 1. The first-order valence-corrected chi connectivity index (χ1v) is 5.03. The Hall–Kier alpha value is -1.48. The van der Waals surface area contributed by atoms with Crippen LogP contribution >= 0.6 is 0 Å². The zero-order chi connectivity index (χ0) is 11.3. The minimum atomic E-state index is -0.0276. The molecule has 1 atom stereocenters. The van der Waals surface area contributed by atoms with Crippen LogP contribution in [0.4, 0.5) is 0 Å². The minimum Gasteiger partial charge on any atom is -0.504 e. The van der Waals surface area contributed by atoms with Gasteiger partial charge < -0.3 is 15.6 Å². The molecule has 0 heterocycles. The van der Waals surface area contributed by atoms with E-state index in [1.807, 2.05) is 32.1 Å². The summed E-state index contributed by atoms with van der Waals surface area (Å²) in [5.41, 5.74) is 6.31. The van der Waals surface area contributed by atoms with Gasteiger partial charge in [0.1, 0.15) is 0 Å². The fourth-order valence-corrected chi connectivity index (χ4v) is 1.20. The average molecular weight is 207 g/mol. The van der Waals surface area contributed by atoms with E-state index in [-0.39, 0.29) is 11.8 Å². The first-order valence-electron chi connectivity index (χ1n) is 5.03. The molecule has 0 saturated heterocycles. The van der Waals surface area contributed by atoms with E-state index in [1.54, 1.807) is 12.1 Å². The summed E-state index contributed by atoms with van der Waals surface area (Å²) in [5, 5.41) is 9.82. The lowest BCUT2D eigenvalue weighted by Crippen LogP contribution is -2.09.